The minimum atomic E-state index is -0.315. The standard InChI is InChI=1S/C18H26FNO3/c1-3-23-17-11-16(21)18(17)6-8-20(9-7-18)12-13-4-5-15(22-2)14(19)10-13/h4-5,10,16-17,21H,3,6-9,11-12H2,1-2H3. The van der Waals surface area contributed by atoms with Gasteiger partial charge in [-0.1, -0.05) is 6.07 Å². The van der Waals surface area contributed by atoms with Crippen molar-refractivity contribution in [3.05, 3.63) is 29.6 Å². The minimum Gasteiger partial charge on any atom is -0.494 e. The number of piperidine rings is 1. The van der Waals surface area contributed by atoms with Crippen LogP contribution in [0.4, 0.5) is 4.39 Å². The van der Waals surface area contributed by atoms with Crippen LogP contribution in [0.5, 0.6) is 5.75 Å². The maximum Gasteiger partial charge on any atom is 0.165 e. The predicted octanol–water partition coefficient (Wildman–Crippen LogP) is 2.59. The van der Waals surface area contributed by atoms with Gasteiger partial charge in [-0.25, -0.2) is 4.39 Å². The van der Waals surface area contributed by atoms with Crippen LogP contribution in [0.1, 0.15) is 31.7 Å². The van der Waals surface area contributed by atoms with Crippen LogP contribution >= 0.6 is 0 Å². The Hall–Kier alpha value is -1.17. The highest BCUT2D eigenvalue weighted by molar-refractivity contribution is 5.29. The number of aliphatic hydroxyl groups excluding tert-OH is 1. The molecule has 0 amide bonds. The summed E-state index contributed by atoms with van der Waals surface area (Å²) in [4.78, 5) is 2.32. The summed E-state index contributed by atoms with van der Waals surface area (Å²) in [6.07, 6.45) is 2.61. The first-order valence-electron chi connectivity index (χ1n) is 8.43. The summed E-state index contributed by atoms with van der Waals surface area (Å²) in [5.41, 5.74) is 0.896. The lowest BCUT2D eigenvalue weighted by Gasteiger charge is -2.56. The number of hydrogen-bond donors (Lipinski definition) is 1. The van der Waals surface area contributed by atoms with E-state index in [1.54, 1.807) is 12.1 Å². The van der Waals surface area contributed by atoms with Crippen LogP contribution in [0, 0.1) is 11.2 Å². The summed E-state index contributed by atoms with van der Waals surface area (Å²) in [5, 5.41) is 10.2. The highest BCUT2D eigenvalue weighted by atomic mass is 19.1. The molecular weight excluding hydrogens is 297 g/mol. The van der Waals surface area contributed by atoms with E-state index in [1.165, 1.54) is 7.11 Å². The molecule has 2 aliphatic rings. The fraction of sp³-hybridized carbons (Fsp3) is 0.667. The summed E-state index contributed by atoms with van der Waals surface area (Å²) in [7, 11) is 1.47. The first-order chi connectivity index (χ1) is 11.1. The van der Waals surface area contributed by atoms with E-state index in [0.717, 1.165) is 44.5 Å². The van der Waals surface area contributed by atoms with Crippen LogP contribution in [0.25, 0.3) is 0 Å². The summed E-state index contributed by atoms with van der Waals surface area (Å²) in [6, 6.07) is 5.13. The SMILES string of the molecule is CCOC1CC(O)C12CCN(Cc1ccc(OC)c(F)c1)CC2. The Kier molecular flexibility index (Phi) is 4.90. The molecule has 1 aromatic carbocycles. The number of methoxy groups -OCH3 is 1. The van der Waals surface area contributed by atoms with Gasteiger partial charge in [0.15, 0.2) is 11.6 Å². The molecule has 23 heavy (non-hydrogen) atoms. The average molecular weight is 323 g/mol. The lowest BCUT2D eigenvalue weighted by atomic mass is 9.58. The Bertz CT molecular complexity index is 541. The molecule has 1 saturated carbocycles. The molecule has 0 radical (unpaired) electrons. The number of halogens is 1. The van der Waals surface area contributed by atoms with Crippen LogP contribution in [-0.2, 0) is 11.3 Å². The van der Waals surface area contributed by atoms with E-state index in [4.69, 9.17) is 9.47 Å². The molecule has 1 aliphatic heterocycles. The van der Waals surface area contributed by atoms with E-state index < -0.39 is 0 Å². The number of nitrogens with zero attached hydrogens (tertiary/aromatic N) is 1. The molecule has 1 N–H and O–H groups in total. The van der Waals surface area contributed by atoms with Gasteiger partial charge in [0.2, 0.25) is 0 Å². The molecule has 5 heteroatoms. The molecule has 2 fully saturated rings. The highest BCUT2D eigenvalue weighted by Gasteiger charge is 2.55. The van der Waals surface area contributed by atoms with Crippen LogP contribution in [0.15, 0.2) is 18.2 Å². The number of hydrogen-bond acceptors (Lipinski definition) is 4. The fourth-order valence-corrected chi connectivity index (χ4v) is 4.01. The van der Waals surface area contributed by atoms with Crippen molar-refractivity contribution in [1.29, 1.82) is 0 Å². The Morgan fingerprint density at radius 2 is 2.09 bits per heavy atom. The van der Waals surface area contributed by atoms with Crippen molar-refractivity contribution in [3.8, 4) is 5.75 Å². The van der Waals surface area contributed by atoms with Gasteiger partial charge in [-0.2, -0.15) is 0 Å². The number of rotatable bonds is 5. The van der Waals surface area contributed by atoms with Gasteiger partial charge in [0.25, 0.3) is 0 Å². The zero-order valence-electron chi connectivity index (χ0n) is 13.9. The number of aliphatic hydroxyl groups is 1. The largest absolute Gasteiger partial charge is 0.494 e. The molecular formula is C18H26FNO3. The van der Waals surface area contributed by atoms with Crippen molar-refractivity contribution in [2.75, 3.05) is 26.8 Å². The lowest BCUT2D eigenvalue weighted by Crippen LogP contribution is -2.62. The molecule has 1 aromatic rings. The number of benzene rings is 1. The van der Waals surface area contributed by atoms with Gasteiger partial charge in [-0.15, -0.1) is 0 Å². The highest BCUT2D eigenvalue weighted by Crippen LogP contribution is 2.51. The van der Waals surface area contributed by atoms with Gasteiger partial charge in [0.05, 0.1) is 19.3 Å². The van der Waals surface area contributed by atoms with Gasteiger partial charge in [-0.3, -0.25) is 4.90 Å². The van der Waals surface area contributed by atoms with E-state index in [2.05, 4.69) is 4.90 Å². The molecule has 1 spiro atoms. The zero-order valence-corrected chi connectivity index (χ0v) is 13.9. The van der Waals surface area contributed by atoms with Crippen molar-refractivity contribution < 1.29 is 19.0 Å². The quantitative estimate of drug-likeness (QED) is 0.904. The van der Waals surface area contributed by atoms with Crippen LogP contribution in [0.2, 0.25) is 0 Å². The molecule has 1 aliphatic carbocycles. The van der Waals surface area contributed by atoms with Crippen molar-refractivity contribution in [2.45, 2.75) is 44.9 Å². The Labute approximate surface area is 137 Å². The Morgan fingerprint density at radius 1 is 1.35 bits per heavy atom. The number of ether oxygens (including phenoxy) is 2. The molecule has 2 unspecified atom stereocenters. The van der Waals surface area contributed by atoms with Gasteiger partial charge in [0.1, 0.15) is 0 Å². The first kappa shape index (κ1) is 16.7. The topological polar surface area (TPSA) is 41.9 Å². The minimum absolute atomic E-state index is 0.0579. The first-order valence-corrected chi connectivity index (χ1v) is 8.43. The van der Waals surface area contributed by atoms with E-state index >= 15 is 0 Å². The molecule has 3 rings (SSSR count). The van der Waals surface area contributed by atoms with Gasteiger partial charge in [-0.05, 0) is 50.6 Å². The lowest BCUT2D eigenvalue weighted by molar-refractivity contribution is -0.209. The summed E-state index contributed by atoms with van der Waals surface area (Å²) in [6.45, 7) is 5.26. The van der Waals surface area contributed by atoms with Crippen LogP contribution in [-0.4, -0.2) is 49.0 Å². The number of likely N-dealkylation sites (tertiary alicyclic amines) is 1. The molecule has 0 aromatic heterocycles. The second-order valence-electron chi connectivity index (χ2n) is 6.67. The van der Waals surface area contributed by atoms with Gasteiger partial charge in [0, 0.05) is 25.0 Å². The Balaban J connectivity index is 1.58. The second kappa shape index (κ2) is 6.75. The third kappa shape index (κ3) is 3.10. The van der Waals surface area contributed by atoms with Crippen LogP contribution < -0.4 is 4.74 Å². The van der Waals surface area contributed by atoms with E-state index in [1.807, 2.05) is 13.0 Å². The molecule has 4 nitrogen and oxygen atoms in total. The average Bonchev–Trinajstić information content (AvgIpc) is 2.56. The van der Waals surface area contributed by atoms with Gasteiger partial charge >= 0.3 is 0 Å². The van der Waals surface area contributed by atoms with Crippen LogP contribution in [0.3, 0.4) is 0 Å². The van der Waals surface area contributed by atoms with Crippen molar-refractivity contribution in [2.24, 2.45) is 5.41 Å². The predicted molar refractivity (Wildman–Crippen MR) is 85.9 cm³/mol. The van der Waals surface area contributed by atoms with E-state index in [-0.39, 0.29) is 29.2 Å². The zero-order chi connectivity index (χ0) is 16.4. The molecule has 1 heterocycles. The molecule has 128 valence electrons. The Morgan fingerprint density at radius 3 is 2.65 bits per heavy atom. The normalized spacial score (nSPS) is 27.0. The summed E-state index contributed by atoms with van der Waals surface area (Å²) < 4.78 is 24.5. The van der Waals surface area contributed by atoms with Crippen molar-refractivity contribution in [3.63, 3.8) is 0 Å². The second-order valence-corrected chi connectivity index (χ2v) is 6.67. The van der Waals surface area contributed by atoms with Crippen molar-refractivity contribution >= 4 is 0 Å². The summed E-state index contributed by atoms with van der Waals surface area (Å²) in [5.74, 6) is -0.0344. The third-order valence-electron chi connectivity index (χ3n) is 5.52. The fourth-order valence-electron chi connectivity index (χ4n) is 4.01. The van der Waals surface area contributed by atoms with E-state index in [9.17, 15) is 9.50 Å². The maximum atomic E-state index is 13.8. The molecule has 2 atom stereocenters. The summed E-state index contributed by atoms with van der Waals surface area (Å²) >= 11 is 0. The van der Waals surface area contributed by atoms with Crippen molar-refractivity contribution in [1.82, 2.24) is 4.90 Å². The van der Waals surface area contributed by atoms with E-state index in [0.29, 0.717) is 6.61 Å². The molecule has 1 saturated heterocycles. The maximum absolute atomic E-state index is 13.8. The third-order valence-corrected chi connectivity index (χ3v) is 5.52. The smallest absolute Gasteiger partial charge is 0.165 e. The molecule has 0 bridgehead atoms. The van der Waals surface area contributed by atoms with Gasteiger partial charge < -0.3 is 14.6 Å². The monoisotopic (exact) mass is 323 g/mol.